The topological polar surface area (TPSA) is 42.1 Å². The molecule has 0 bridgehead atoms. The fraction of sp³-hybridized carbons (Fsp3) is 0.583. The first-order chi connectivity index (χ1) is 7.40. The molecule has 2 fully saturated rings. The van der Waals surface area contributed by atoms with Crippen molar-refractivity contribution in [3.05, 3.63) is 23.9 Å². The molecule has 0 spiro atoms. The monoisotopic (exact) mass is 203 g/mol. The third-order valence-corrected chi connectivity index (χ3v) is 3.62. The van der Waals surface area contributed by atoms with Gasteiger partial charge in [-0.15, -0.1) is 0 Å². The van der Waals surface area contributed by atoms with Gasteiger partial charge in [0, 0.05) is 30.9 Å². The normalized spacial score (nSPS) is 28.7. The maximum absolute atomic E-state index is 5.75. The predicted molar refractivity (Wildman–Crippen MR) is 60.6 cm³/mol. The number of piperidine rings is 1. The molecule has 3 nitrogen and oxygen atoms in total. The van der Waals surface area contributed by atoms with Crippen LogP contribution < -0.4 is 10.6 Å². The average Bonchev–Trinajstić information content (AvgIpc) is 3.07. The van der Waals surface area contributed by atoms with E-state index in [4.69, 9.17) is 5.73 Å². The highest BCUT2D eigenvalue weighted by molar-refractivity contribution is 5.49. The number of rotatable bonds is 2. The minimum absolute atomic E-state index is 0.594. The lowest BCUT2D eigenvalue weighted by Crippen LogP contribution is -2.33. The van der Waals surface area contributed by atoms with E-state index in [0.29, 0.717) is 6.54 Å². The van der Waals surface area contributed by atoms with Crippen LogP contribution in [-0.4, -0.2) is 17.6 Å². The summed E-state index contributed by atoms with van der Waals surface area (Å²) in [7, 11) is 0. The molecule has 2 atom stereocenters. The SMILES string of the molecule is NCc1cccnc1N1CCCC2CC21. The van der Waals surface area contributed by atoms with Crippen molar-refractivity contribution in [2.45, 2.75) is 31.8 Å². The standard InChI is InChI=1S/C12H17N3/c13-8-10-3-1-5-14-12(10)15-6-2-4-9-7-11(9)15/h1,3,5,9,11H,2,4,6-8,13H2. The van der Waals surface area contributed by atoms with Crippen molar-refractivity contribution in [2.24, 2.45) is 11.7 Å². The van der Waals surface area contributed by atoms with Crippen LogP contribution in [0.25, 0.3) is 0 Å². The van der Waals surface area contributed by atoms with Crippen LogP contribution in [0.1, 0.15) is 24.8 Å². The lowest BCUT2D eigenvalue weighted by molar-refractivity contribution is 0.553. The predicted octanol–water partition coefficient (Wildman–Crippen LogP) is 1.53. The fourth-order valence-corrected chi connectivity index (χ4v) is 2.72. The molecule has 2 aliphatic rings. The Balaban J connectivity index is 1.91. The van der Waals surface area contributed by atoms with Crippen molar-refractivity contribution in [3.8, 4) is 0 Å². The largest absolute Gasteiger partial charge is 0.353 e. The van der Waals surface area contributed by atoms with E-state index in [1.165, 1.54) is 24.8 Å². The third-order valence-electron chi connectivity index (χ3n) is 3.62. The Kier molecular flexibility index (Phi) is 2.13. The first kappa shape index (κ1) is 9.16. The lowest BCUT2D eigenvalue weighted by Gasteiger charge is -2.29. The molecule has 0 radical (unpaired) electrons. The minimum atomic E-state index is 0.594. The van der Waals surface area contributed by atoms with E-state index in [9.17, 15) is 0 Å². The summed E-state index contributed by atoms with van der Waals surface area (Å²) in [4.78, 5) is 6.96. The van der Waals surface area contributed by atoms with Crippen molar-refractivity contribution < 1.29 is 0 Å². The molecular formula is C12H17N3. The van der Waals surface area contributed by atoms with Gasteiger partial charge in [0.25, 0.3) is 0 Å². The van der Waals surface area contributed by atoms with Crippen molar-refractivity contribution in [1.29, 1.82) is 0 Å². The van der Waals surface area contributed by atoms with E-state index in [1.54, 1.807) is 0 Å². The number of pyridine rings is 1. The molecule has 2 N–H and O–H groups in total. The van der Waals surface area contributed by atoms with Crippen LogP contribution in [0.5, 0.6) is 0 Å². The molecule has 0 amide bonds. The van der Waals surface area contributed by atoms with Gasteiger partial charge in [0.05, 0.1) is 0 Å². The smallest absolute Gasteiger partial charge is 0.133 e. The van der Waals surface area contributed by atoms with Crippen LogP contribution in [0.3, 0.4) is 0 Å². The molecule has 1 aromatic heterocycles. The zero-order valence-electron chi connectivity index (χ0n) is 8.89. The van der Waals surface area contributed by atoms with Gasteiger partial charge in [-0.25, -0.2) is 4.98 Å². The second kappa shape index (κ2) is 3.49. The second-order valence-electron chi connectivity index (χ2n) is 4.59. The van der Waals surface area contributed by atoms with Gasteiger partial charge >= 0.3 is 0 Å². The van der Waals surface area contributed by atoms with Crippen LogP contribution in [0.2, 0.25) is 0 Å². The van der Waals surface area contributed by atoms with Crippen molar-refractivity contribution in [3.63, 3.8) is 0 Å². The van der Waals surface area contributed by atoms with E-state index in [-0.39, 0.29) is 0 Å². The van der Waals surface area contributed by atoms with Gasteiger partial charge < -0.3 is 10.6 Å². The summed E-state index contributed by atoms with van der Waals surface area (Å²) in [5.74, 6) is 2.07. The molecule has 1 aliphatic heterocycles. The van der Waals surface area contributed by atoms with E-state index in [0.717, 1.165) is 24.3 Å². The van der Waals surface area contributed by atoms with E-state index >= 15 is 0 Å². The molecule has 0 aromatic carbocycles. The van der Waals surface area contributed by atoms with Gasteiger partial charge in [0.15, 0.2) is 0 Å². The van der Waals surface area contributed by atoms with E-state index in [1.807, 2.05) is 12.3 Å². The number of fused-ring (bicyclic) bond motifs is 1. The van der Waals surface area contributed by atoms with Crippen LogP contribution in [0.4, 0.5) is 5.82 Å². The number of hydrogen-bond donors (Lipinski definition) is 1. The summed E-state index contributed by atoms with van der Waals surface area (Å²) in [6, 6.07) is 4.83. The van der Waals surface area contributed by atoms with E-state index in [2.05, 4.69) is 16.0 Å². The number of nitrogens with two attached hydrogens (primary N) is 1. The molecule has 15 heavy (non-hydrogen) atoms. The Bertz CT molecular complexity index is 364. The summed E-state index contributed by atoms with van der Waals surface area (Å²) in [5, 5.41) is 0. The fourth-order valence-electron chi connectivity index (χ4n) is 2.72. The molecule has 1 aromatic rings. The summed E-state index contributed by atoms with van der Waals surface area (Å²) in [6.45, 7) is 1.75. The Morgan fingerprint density at radius 3 is 3.33 bits per heavy atom. The zero-order valence-corrected chi connectivity index (χ0v) is 8.89. The Hall–Kier alpha value is -1.09. The molecule has 1 saturated heterocycles. The molecule has 2 heterocycles. The molecule has 3 rings (SSSR count). The highest BCUT2D eigenvalue weighted by atomic mass is 15.2. The van der Waals surface area contributed by atoms with Gasteiger partial charge in [-0.1, -0.05) is 6.07 Å². The first-order valence-corrected chi connectivity index (χ1v) is 5.81. The second-order valence-corrected chi connectivity index (χ2v) is 4.59. The number of hydrogen-bond acceptors (Lipinski definition) is 3. The molecule has 3 heteroatoms. The molecule has 2 unspecified atom stereocenters. The summed E-state index contributed by atoms with van der Waals surface area (Å²) >= 11 is 0. The van der Waals surface area contributed by atoms with Gasteiger partial charge in [0.1, 0.15) is 5.82 Å². The number of nitrogens with zero attached hydrogens (tertiary/aromatic N) is 2. The Morgan fingerprint density at radius 2 is 2.47 bits per heavy atom. The van der Waals surface area contributed by atoms with Crippen LogP contribution in [0, 0.1) is 5.92 Å². The Labute approximate surface area is 90.3 Å². The Morgan fingerprint density at radius 1 is 1.53 bits per heavy atom. The van der Waals surface area contributed by atoms with Gasteiger partial charge in [-0.3, -0.25) is 0 Å². The van der Waals surface area contributed by atoms with Crippen molar-refractivity contribution in [1.82, 2.24) is 4.98 Å². The summed E-state index contributed by atoms with van der Waals surface area (Å²) in [5.41, 5.74) is 6.93. The highest BCUT2D eigenvalue weighted by Gasteiger charge is 2.44. The molecule has 80 valence electrons. The van der Waals surface area contributed by atoms with Crippen LogP contribution in [0.15, 0.2) is 18.3 Å². The first-order valence-electron chi connectivity index (χ1n) is 5.81. The number of anilines is 1. The zero-order chi connectivity index (χ0) is 10.3. The average molecular weight is 203 g/mol. The molecule has 1 saturated carbocycles. The van der Waals surface area contributed by atoms with Gasteiger partial charge in [-0.05, 0) is 31.2 Å². The highest BCUT2D eigenvalue weighted by Crippen LogP contribution is 2.44. The number of aromatic nitrogens is 1. The third kappa shape index (κ3) is 1.51. The summed E-state index contributed by atoms with van der Waals surface area (Å²) < 4.78 is 0. The maximum Gasteiger partial charge on any atom is 0.133 e. The maximum atomic E-state index is 5.75. The molecular weight excluding hydrogens is 186 g/mol. The van der Waals surface area contributed by atoms with Crippen LogP contribution >= 0.6 is 0 Å². The van der Waals surface area contributed by atoms with Gasteiger partial charge in [0.2, 0.25) is 0 Å². The van der Waals surface area contributed by atoms with Crippen molar-refractivity contribution >= 4 is 5.82 Å². The van der Waals surface area contributed by atoms with Crippen LogP contribution in [-0.2, 0) is 6.54 Å². The quantitative estimate of drug-likeness (QED) is 0.792. The lowest BCUT2D eigenvalue weighted by atomic mass is 10.1. The molecule has 1 aliphatic carbocycles. The van der Waals surface area contributed by atoms with E-state index < -0.39 is 0 Å². The van der Waals surface area contributed by atoms with Gasteiger partial charge in [-0.2, -0.15) is 0 Å². The van der Waals surface area contributed by atoms with Crippen molar-refractivity contribution in [2.75, 3.05) is 11.4 Å². The summed E-state index contributed by atoms with van der Waals surface area (Å²) in [6.07, 6.45) is 5.95. The minimum Gasteiger partial charge on any atom is -0.353 e.